The van der Waals surface area contributed by atoms with Gasteiger partial charge in [0.05, 0.1) is 0 Å². The third-order valence-corrected chi connectivity index (χ3v) is 4.20. The van der Waals surface area contributed by atoms with E-state index < -0.39 is 5.97 Å². The van der Waals surface area contributed by atoms with Crippen LogP contribution < -0.4 is 0 Å². The first-order valence-electron chi connectivity index (χ1n) is 7.40. The predicted octanol–water partition coefficient (Wildman–Crippen LogP) is 1.33. The predicted molar refractivity (Wildman–Crippen MR) is 71.9 cm³/mol. The Bertz CT molecular complexity index is 327. The van der Waals surface area contributed by atoms with Gasteiger partial charge in [0.1, 0.15) is 0 Å². The zero-order valence-electron chi connectivity index (χ0n) is 11.5. The highest BCUT2D eigenvalue weighted by Gasteiger charge is 2.30. The summed E-state index contributed by atoms with van der Waals surface area (Å²) in [6.07, 6.45) is 5.89. The second kappa shape index (κ2) is 6.89. The standard InChI is InChI=1S/C14H24N2O3/c17-13(5-4-6-14(18)19)16-10-7-12(11-16)15-8-2-1-3-9-15/h12H,1-11H2,(H,18,19). The van der Waals surface area contributed by atoms with Crippen molar-refractivity contribution in [1.29, 1.82) is 0 Å². The van der Waals surface area contributed by atoms with Crippen LogP contribution in [0.3, 0.4) is 0 Å². The number of carboxylic acids is 1. The van der Waals surface area contributed by atoms with Crippen molar-refractivity contribution in [2.45, 2.75) is 51.0 Å². The first kappa shape index (κ1) is 14.3. The average Bonchev–Trinajstić information content (AvgIpc) is 2.89. The lowest BCUT2D eigenvalue weighted by molar-refractivity contribution is -0.137. The van der Waals surface area contributed by atoms with Crippen LogP contribution in [0.1, 0.15) is 44.9 Å². The lowest BCUT2D eigenvalue weighted by Gasteiger charge is -2.32. The summed E-state index contributed by atoms with van der Waals surface area (Å²) in [6.45, 7) is 4.02. The number of aliphatic carboxylic acids is 1. The summed E-state index contributed by atoms with van der Waals surface area (Å²) in [6, 6.07) is 0.531. The van der Waals surface area contributed by atoms with Crippen molar-refractivity contribution in [3.05, 3.63) is 0 Å². The van der Waals surface area contributed by atoms with E-state index in [2.05, 4.69) is 4.90 Å². The summed E-state index contributed by atoms with van der Waals surface area (Å²) in [5.41, 5.74) is 0. The van der Waals surface area contributed by atoms with Gasteiger partial charge in [-0.25, -0.2) is 0 Å². The smallest absolute Gasteiger partial charge is 0.303 e. The van der Waals surface area contributed by atoms with E-state index in [4.69, 9.17) is 5.11 Å². The van der Waals surface area contributed by atoms with E-state index in [0.29, 0.717) is 18.9 Å². The molecule has 0 aromatic carbocycles. The molecule has 1 amide bonds. The number of rotatable bonds is 5. The van der Waals surface area contributed by atoms with Crippen LogP contribution in [-0.4, -0.2) is 59.0 Å². The minimum absolute atomic E-state index is 0.0924. The number of hydrogen-bond acceptors (Lipinski definition) is 3. The van der Waals surface area contributed by atoms with Gasteiger partial charge in [-0.15, -0.1) is 0 Å². The van der Waals surface area contributed by atoms with Crippen LogP contribution >= 0.6 is 0 Å². The van der Waals surface area contributed by atoms with E-state index in [1.54, 1.807) is 0 Å². The van der Waals surface area contributed by atoms with Crippen molar-refractivity contribution < 1.29 is 14.7 Å². The van der Waals surface area contributed by atoms with E-state index in [1.165, 1.54) is 32.4 Å². The van der Waals surface area contributed by atoms with E-state index in [-0.39, 0.29) is 12.3 Å². The molecule has 0 aromatic rings. The fraction of sp³-hybridized carbons (Fsp3) is 0.857. The zero-order valence-corrected chi connectivity index (χ0v) is 11.5. The van der Waals surface area contributed by atoms with Crippen LogP contribution in [-0.2, 0) is 9.59 Å². The summed E-state index contributed by atoms with van der Waals surface area (Å²) in [4.78, 5) is 26.8. The van der Waals surface area contributed by atoms with Crippen LogP contribution in [0, 0.1) is 0 Å². The minimum Gasteiger partial charge on any atom is -0.481 e. The van der Waals surface area contributed by atoms with Crippen LogP contribution in [0.15, 0.2) is 0 Å². The molecule has 0 saturated carbocycles. The van der Waals surface area contributed by atoms with Crippen molar-refractivity contribution >= 4 is 11.9 Å². The zero-order chi connectivity index (χ0) is 13.7. The molecule has 2 saturated heterocycles. The number of hydrogen-bond donors (Lipinski definition) is 1. The van der Waals surface area contributed by atoms with E-state index in [1.807, 2.05) is 4.90 Å². The highest BCUT2D eigenvalue weighted by molar-refractivity contribution is 5.77. The van der Waals surface area contributed by atoms with Crippen LogP contribution in [0.4, 0.5) is 0 Å². The molecule has 0 spiro atoms. The Labute approximate surface area is 114 Å². The molecule has 1 atom stereocenters. The van der Waals surface area contributed by atoms with Crippen molar-refractivity contribution in [2.75, 3.05) is 26.2 Å². The first-order chi connectivity index (χ1) is 9.16. The number of carbonyl (C=O) groups excluding carboxylic acids is 1. The maximum Gasteiger partial charge on any atom is 0.303 e. The molecule has 108 valence electrons. The summed E-state index contributed by atoms with van der Waals surface area (Å²) in [7, 11) is 0. The Balaban J connectivity index is 1.71. The van der Waals surface area contributed by atoms with E-state index >= 15 is 0 Å². The monoisotopic (exact) mass is 268 g/mol. The number of carboxylic acid groups (broad SMARTS) is 1. The van der Waals surface area contributed by atoms with Crippen molar-refractivity contribution in [3.63, 3.8) is 0 Å². The molecule has 0 radical (unpaired) electrons. The molecule has 1 N–H and O–H groups in total. The third-order valence-electron chi connectivity index (χ3n) is 4.20. The molecule has 19 heavy (non-hydrogen) atoms. The van der Waals surface area contributed by atoms with Gasteiger partial charge in [-0.05, 0) is 38.8 Å². The molecule has 0 aliphatic carbocycles. The Kier molecular flexibility index (Phi) is 5.19. The summed E-state index contributed by atoms with van der Waals surface area (Å²) < 4.78 is 0. The molecule has 2 fully saturated rings. The van der Waals surface area contributed by atoms with Gasteiger partial charge < -0.3 is 10.0 Å². The molecule has 2 aliphatic rings. The van der Waals surface area contributed by atoms with Crippen LogP contribution in [0.25, 0.3) is 0 Å². The molecular formula is C14H24N2O3. The van der Waals surface area contributed by atoms with Gasteiger partial charge in [0.25, 0.3) is 0 Å². The lowest BCUT2D eigenvalue weighted by Crippen LogP contribution is -2.41. The molecule has 0 aromatic heterocycles. The number of carbonyl (C=O) groups is 2. The second-order valence-corrected chi connectivity index (χ2v) is 5.63. The fourth-order valence-corrected chi connectivity index (χ4v) is 3.10. The van der Waals surface area contributed by atoms with Crippen molar-refractivity contribution in [1.82, 2.24) is 9.80 Å². The Morgan fingerprint density at radius 2 is 1.79 bits per heavy atom. The molecule has 5 nitrogen and oxygen atoms in total. The summed E-state index contributed by atoms with van der Waals surface area (Å²) in [5.74, 6) is -0.693. The molecule has 1 unspecified atom stereocenters. The van der Waals surface area contributed by atoms with E-state index in [9.17, 15) is 9.59 Å². The summed E-state index contributed by atoms with van der Waals surface area (Å²) in [5, 5.41) is 8.57. The number of amides is 1. The van der Waals surface area contributed by atoms with Crippen LogP contribution in [0.2, 0.25) is 0 Å². The van der Waals surface area contributed by atoms with Crippen molar-refractivity contribution in [2.24, 2.45) is 0 Å². The Morgan fingerprint density at radius 1 is 1.05 bits per heavy atom. The molecular weight excluding hydrogens is 244 g/mol. The van der Waals surface area contributed by atoms with Gasteiger partial charge in [0.2, 0.25) is 5.91 Å². The third kappa shape index (κ3) is 4.20. The highest BCUT2D eigenvalue weighted by atomic mass is 16.4. The number of nitrogens with zero attached hydrogens (tertiary/aromatic N) is 2. The maximum absolute atomic E-state index is 12.0. The Hall–Kier alpha value is -1.10. The topological polar surface area (TPSA) is 60.9 Å². The quantitative estimate of drug-likeness (QED) is 0.817. The molecule has 2 aliphatic heterocycles. The van der Waals surface area contributed by atoms with Gasteiger partial charge in [-0.2, -0.15) is 0 Å². The second-order valence-electron chi connectivity index (χ2n) is 5.63. The minimum atomic E-state index is -0.819. The maximum atomic E-state index is 12.0. The normalized spacial score (nSPS) is 24.6. The highest BCUT2D eigenvalue weighted by Crippen LogP contribution is 2.20. The fourth-order valence-electron chi connectivity index (χ4n) is 3.10. The van der Waals surface area contributed by atoms with Crippen molar-refractivity contribution in [3.8, 4) is 0 Å². The largest absolute Gasteiger partial charge is 0.481 e. The number of piperidine rings is 1. The van der Waals surface area contributed by atoms with E-state index in [0.717, 1.165) is 19.5 Å². The van der Waals surface area contributed by atoms with Gasteiger partial charge in [0.15, 0.2) is 0 Å². The lowest BCUT2D eigenvalue weighted by atomic mass is 10.1. The average molecular weight is 268 g/mol. The molecule has 2 rings (SSSR count). The van der Waals surface area contributed by atoms with Crippen LogP contribution in [0.5, 0.6) is 0 Å². The van der Waals surface area contributed by atoms with Gasteiger partial charge in [-0.3, -0.25) is 14.5 Å². The van der Waals surface area contributed by atoms with Gasteiger partial charge in [-0.1, -0.05) is 6.42 Å². The summed E-state index contributed by atoms with van der Waals surface area (Å²) >= 11 is 0. The molecule has 2 heterocycles. The van der Waals surface area contributed by atoms with Gasteiger partial charge >= 0.3 is 5.97 Å². The van der Waals surface area contributed by atoms with Gasteiger partial charge in [0, 0.05) is 32.0 Å². The first-order valence-corrected chi connectivity index (χ1v) is 7.40. The molecule has 0 bridgehead atoms. The SMILES string of the molecule is O=C(O)CCCC(=O)N1CCC(N2CCCCC2)C1. The Morgan fingerprint density at radius 3 is 2.47 bits per heavy atom. The number of likely N-dealkylation sites (tertiary alicyclic amines) is 2. The molecule has 5 heteroatoms.